The van der Waals surface area contributed by atoms with Gasteiger partial charge in [-0.1, -0.05) is 13.8 Å². The average molecular weight is 256 g/mol. The summed E-state index contributed by atoms with van der Waals surface area (Å²) in [7, 11) is 0. The molecule has 3 atom stereocenters. The van der Waals surface area contributed by atoms with E-state index in [-0.39, 0.29) is 12.5 Å². The lowest BCUT2D eigenvalue weighted by atomic mass is 9.83. The Morgan fingerprint density at radius 2 is 2.11 bits per heavy atom. The van der Waals surface area contributed by atoms with Gasteiger partial charge in [-0.3, -0.25) is 4.79 Å². The normalized spacial score (nSPS) is 27.7. The molecule has 3 unspecified atom stereocenters. The fourth-order valence-electron chi connectivity index (χ4n) is 2.35. The van der Waals surface area contributed by atoms with Crippen LogP contribution in [0.15, 0.2) is 0 Å². The van der Waals surface area contributed by atoms with Crippen molar-refractivity contribution in [3.05, 3.63) is 0 Å². The third-order valence-electron chi connectivity index (χ3n) is 4.16. The molecule has 0 bridgehead atoms. The van der Waals surface area contributed by atoms with E-state index in [1.165, 1.54) is 4.90 Å². The number of hydrogen-bond acceptors (Lipinski definition) is 3. The predicted octanol–water partition coefficient (Wildman–Crippen LogP) is 1.07. The summed E-state index contributed by atoms with van der Waals surface area (Å²) < 4.78 is 0. The quantitative estimate of drug-likeness (QED) is 0.788. The van der Waals surface area contributed by atoms with Crippen LogP contribution in [-0.4, -0.2) is 41.0 Å². The van der Waals surface area contributed by atoms with E-state index in [0.717, 1.165) is 6.42 Å². The second-order valence-electron chi connectivity index (χ2n) is 5.60. The van der Waals surface area contributed by atoms with Crippen LogP contribution in [0.25, 0.3) is 0 Å². The van der Waals surface area contributed by atoms with Crippen LogP contribution in [0.1, 0.15) is 40.0 Å². The molecule has 0 radical (unpaired) electrons. The lowest BCUT2D eigenvalue weighted by molar-refractivity contribution is -0.157. The van der Waals surface area contributed by atoms with Gasteiger partial charge in [0.05, 0.1) is 5.41 Å². The molecule has 1 aliphatic rings. The van der Waals surface area contributed by atoms with E-state index < -0.39 is 17.4 Å². The van der Waals surface area contributed by atoms with Gasteiger partial charge in [-0.2, -0.15) is 0 Å². The van der Waals surface area contributed by atoms with Crippen molar-refractivity contribution in [2.24, 2.45) is 17.1 Å². The molecule has 0 saturated carbocycles. The number of rotatable bonds is 4. The molecule has 18 heavy (non-hydrogen) atoms. The summed E-state index contributed by atoms with van der Waals surface area (Å²) >= 11 is 0. The van der Waals surface area contributed by atoms with E-state index in [0.29, 0.717) is 25.3 Å². The first-order chi connectivity index (χ1) is 8.35. The second kappa shape index (κ2) is 5.69. The van der Waals surface area contributed by atoms with Gasteiger partial charge in [0.15, 0.2) is 0 Å². The molecule has 0 aromatic heterocycles. The molecular weight excluding hydrogens is 232 g/mol. The average Bonchev–Trinajstić information content (AvgIpc) is 2.36. The standard InChI is InChI=1S/C13H24N2O3/c1-4-13(3,8-14)12(18)15-6-5-9(2)7-10(15)11(16)17/h9-10H,4-8,14H2,1-3H3,(H,16,17). The first-order valence-electron chi connectivity index (χ1n) is 6.59. The summed E-state index contributed by atoms with van der Waals surface area (Å²) in [5.41, 5.74) is 5.03. The summed E-state index contributed by atoms with van der Waals surface area (Å²) in [6, 6.07) is -0.696. The Balaban J connectivity index is 2.92. The zero-order valence-corrected chi connectivity index (χ0v) is 11.5. The molecule has 1 rings (SSSR count). The Morgan fingerprint density at radius 1 is 1.50 bits per heavy atom. The van der Waals surface area contributed by atoms with Crippen molar-refractivity contribution >= 4 is 11.9 Å². The van der Waals surface area contributed by atoms with Crippen molar-refractivity contribution < 1.29 is 14.7 Å². The number of nitrogens with zero attached hydrogens (tertiary/aromatic N) is 1. The number of carboxylic acids is 1. The van der Waals surface area contributed by atoms with Crippen molar-refractivity contribution in [3.63, 3.8) is 0 Å². The van der Waals surface area contributed by atoms with Crippen LogP contribution in [0, 0.1) is 11.3 Å². The molecule has 1 heterocycles. The molecule has 104 valence electrons. The van der Waals surface area contributed by atoms with E-state index >= 15 is 0 Å². The minimum Gasteiger partial charge on any atom is -0.480 e. The lowest BCUT2D eigenvalue weighted by Crippen LogP contribution is -2.55. The van der Waals surface area contributed by atoms with Crippen molar-refractivity contribution in [3.8, 4) is 0 Å². The van der Waals surface area contributed by atoms with Crippen molar-refractivity contribution in [1.29, 1.82) is 0 Å². The van der Waals surface area contributed by atoms with E-state index in [9.17, 15) is 14.7 Å². The summed E-state index contributed by atoms with van der Waals surface area (Å²) in [5, 5.41) is 9.26. The number of piperidine rings is 1. The Bertz CT molecular complexity index is 326. The van der Waals surface area contributed by atoms with Crippen LogP contribution in [0.3, 0.4) is 0 Å². The highest BCUT2D eigenvalue weighted by atomic mass is 16.4. The maximum atomic E-state index is 12.5. The fraction of sp³-hybridized carbons (Fsp3) is 0.846. The number of carbonyl (C=O) groups is 2. The van der Waals surface area contributed by atoms with Gasteiger partial charge in [-0.05, 0) is 32.1 Å². The lowest BCUT2D eigenvalue weighted by Gasteiger charge is -2.40. The van der Waals surface area contributed by atoms with E-state index in [1.807, 2.05) is 20.8 Å². The molecule has 0 aromatic rings. The highest BCUT2D eigenvalue weighted by molar-refractivity contribution is 5.87. The largest absolute Gasteiger partial charge is 0.480 e. The number of carboxylic acid groups (broad SMARTS) is 1. The van der Waals surface area contributed by atoms with Crippen molar-refractivity contribution in [2.45, 2.75) is 46.1 Å². The fourth-order valence-corrected chi connectivity index (χ4v) is 2.35. The van der Waals surface area contributed by atoms with Gasteiger partial charge in [0.1, 0.15) is 6.04 Å². The Kier molecular flexibility index (Phi) is 4.73. The Hall–Kier alpha value is -1.10. The molecule has 0 aliphatic carbocycles. The molecule has 0 aromatic carbocycles. The van der Waals surface area contributed by atoms with Crippen LogP contribution in [0.5, 0.6) is 0 Å². The van der Waals surface area contributed by atoms with Gasteiger partial charge in [-0.25, -0.2) is 4.79 Å². The van der Waals surface area contributed by atoms with Crippen LogP contribution in [0.2, 0.25) is 0 Å². The van der Waals surface area contributed by atoms with Gasteiger partial charge in [0.2, 0.25) is 5.91 Å². The van der Waals surface area contributed by atoms with Gasteiger partial charge >= 0.3 is 5.97 Å². The summed E-state index contributed by atoms with van der Waals surface area (Å²) in [6.45, 7) is 6.52. The number of nitrogens with two attached hydrogens (primary N) is 1. The molecular formula is C13H24N2O3. The molecule has 5 nitrogen and oxygen atoms in total. The highest BCUT2D eigenvalue weighted by Gasteiger charge is 2.41. The molecule has 5 heteroatoms. The summed E-state index contributed by atoms with van der Waals surface area (Å²) in [4.78, 5) is 25.3. The summed E-state index contributed by atoms with van der Waals surface area (Å²) in [6.07, 6.45) is 2.02. The molecule has 1 aliphatic heterocycles. The van der Waals surface area contributed by atoms with Gasteiger partial charge < -0.3 is 15.7 Å². The topological polar surface area (TPSA) is 83.6 Å². The third-order valence-corrected chi connectivity index (χ3v) is 4.16. The van der Waals surface area contributed by atoms with Crippen LogP contribution in [-0.2, 0) is 9.59 Å². The van der Waals surface area contributed by atoms with Crippen LogP contribution in [0.4, 0.5) is 0 Å². The number of likely N-dealkylation sites (tertiary alicyclic amines) is 1. The smallest absolute Gasteiger partial charge is 0.326 e. The molecule has 0 spiro atoms. The maximum absolute atomic E-state index is 12.5. The van der Waals surface area contributed by atoms with Gasteiger partial charge in [0, 0.05) is 13.1 Å². The van der Waals surface area contributed by atoms with Crippen LogP contribution >= 0.6 is 0 Å². The maximum Gasteiger partial charge on any atom is 0.326 e. The number of carbonyl (C=O) groups excluding carboxylic acids is 1. The van der Waals surface area contributed by atoms with Gasteiger partial charge in [-0.15, -0.1) is 0 Å². The Morgan fingerprint density at radius 3 is 2.56 bits per heavy atom. The van der Waals surface area contributed by atoms with Crippen molar-refractivity contribution in [2.75, 3.05) is 13.1 Å². The zero-order chi connectivity index (χ0) is 13.9. The molecule has 3 N–H and O–H groups in total. The molecule has 1 saturated heterocycles. The molecule has 1 fully saturated rings. The van der Waals surface area contributed by atoms with E-state index in [4.69, 9.17) is 5.73 Å². The highest BCUT2D eigenvalue weighted by Crippen LogP contribution is 2.29. The predicted molar refractivity (Wildman–Crippen MR) is 69.0 cm³/mol. The number of amides is 1. The SMILES string of the molecule is CCC(C)(CN)C(=O)N1CCC(C)CC1C(=O)O. The van der Waals surface area contributed by atoms with Gasteiger partial charge in [0.25, 0.3) is 0 Å². The van der Waals surface area contributed by atoms with E-state index in [1.54, 1.807) is 0 Å². The monoisotopic (exact) mass is 256 g/mol. The van der Waals surface area contributed by atoms with E-state index in [2.05, 4.69) is 0 Å². The minimum absolute atomic E-state index is 0.119. The first-order valence-corrected chi connectivity index (χ1v) is 6.59. The molecule has 1 amide bonds. The third kappa shape index (κ3) is 2.83. The number of hydrogen-bond donors (Lipinski definition) is 2. The number of aliphatic carboxylic acids is 1. The second-order valence-corrected chi connectivity index (χ2v) is 5.60. The van der Waals surface area contributed by atoms with Crippen LogP contribution < -0.4 is 5.73 Å². The van der Waals surface area contributed by atoms with Crippen molar-refractivity contribution in [1.82, 2.24) is 4.90 Å². The summed E-state index contributed by atoms with van der Waals surface area (Å²) in [5.74, 6) is -0.682. The Labute approximate surface area is 108 Å². The minimum atomic E-state index is -0.912. The zero-order valence-electron chi connectivity index (χ0n) is 11.5. The first kappa shape index (κ1) is 15.0.